The van der Waals surface area contributed by atoms with Gasteiger partial charge in [0.25, 0.3) is 0 Å². The number of benzene rings is 2. The number of halogens is 5. The standard InChI is InChI=1S/C26H23F5N4/c1-2-20-22-17(12-14(27)13-19(22)28)25(32-20)35-24-16-9-4-3-5-11-21(16)33-23(34-24)15-8-6-7-10-18(15)26(29,30)31/h6-8,10,12-13,20H,2-5,9,11H2,1H3,(H,32,33,34,35). The third-order valence-electron chi connectivity index (χ3n) is 6.50. The molecule has 3 aromatic rings. The Morgan fingerprint density at radius 2 is 1.74 bits per heavy atom. The number of amidine groups is 1. The lowest BCUT2D eigenvalue weighted by molar-refractivity contribution is -0.137. The summed E-state index contributed by atoms with van der Waals surface area (Å²) in [7, 11) is 0. The molecule has 1 atom stereocenters. The first-order chi connectivity index (χ1) is 16.8. The fraction of sp³-hybridized carbons (Fsp3) is 0.346. The topological polar surface area (TPSA) is 50.2 Å². The number of aliphatic imine (C=N–C) groups is 1. The summed E-state index contributed by atoms with van der Waals surface area (Å²) < 4.78 is 69.9. The van der Waals surface area contributed by atoms with Gasteiger partial charge in [0.15, 0.2) is 5.82 Å². The lowest BCUT2D eigenvalue weighted by Crippen LogP contribution is -2.17. The molecule has 4 nitrogen and oxygen atoms in total. The minimum absolute atomic E-state index is 0.0441. The Kier molecular flexibility index (Phi) is 6.02. The summed E-state index contributed by atoms with van der Waals surface area (Å²) in [5, 5.41) is 3.12. The average Bonchev–Trinajstić information content (AvgIpc) is 2.99. The number of hydrogen-bond donors (Lipinski definition) is 1. The van der Waals surface area contributed by atoms with Crippen LogP contribution in [-0.2, 0) is 19.0 Å². The molecule has 0 saturated carbocycles. The second-order valence-corrected chi connectivity index (χ2v) is 8.80. The molecule has 1 aromatic heterocycles. The Labute approximate surface area is 199 Å². The fourth-order valence-electron chi connectivity index (χ4n) is 4.84. The number of nitrogens with zero attached hydrogens (tertiary/aromatic N) is 3. The molecule has 0 bridgehead atoms. The monoisotopic (exact) mass is 486 g/mol. The molecule has 2 aliphatic rings. The van der Waals surface area contributed by atoms with Gasteiger partial charge in [-0.05, 0) is 44.2 Å². The van der Waals surface area contributed by atoms with Crippen LogP contribution in [-0.4, -0.2) is 15.8 Å². The first-order valence-corrected chi connectivity index (χ1v) is 11.7. The van der Waals surface area contributed by atoms with Crippen LogP contribution in [0.4, 0.5) is 27.8 Å². The molecular formula is C26H23F5N4. The Morgan fingerprint density at radius 3 is 2.51 bits per heavy atom. The van der Waals surface area contributed by atoms with Gasteiger partial charge in [0.2, 0.25) is 0 Å². The Bertz CT molecular complexity index is 1320. The van der Waals surface area contributed by atoms with Crippen molar-refractivity contribution < 1.29 is 22.0 Å². The predicted octanol–water partition coefficient (Wildman–Crippen LogP) is 7.03. The van der Waals surface area contributed by atoms with Gasteiger partial charge in [-0.25, -0.2) is 18.7 Å². The van der Waals surface area contributed by atoms with Crippen LogP contribution in [0.15, 0.2) is 41.4 Å². The second-order valence-electron chi connectivity index (χ2n) is 8.80. The van der Waals surface area contributed by atoms with Gasteiger partial charge >= 0.3 is 6.18 Å². The minimum atomic E-state index is -4.57. The molecule has 0 radical (unpaired) electrons. The molecule has 9 heteroatoms. The van der Waals surface area contributed by atoms with Crippen molar-refractivity contribution in [1.29, 1.82) is 0 Å². The number of aryl methyl sites for hydroxylation is 1. The fourth-order valence-corrected chi connectivity index (χ4v) is 4.84. The van der Waals surface area contributed by atoms with Crippen molar-refractivity contribution in [2.45, 2.75) is 57.7 Å². The zero-order valence-corrected chi connectivity index (χ0v) is 19.0. The van der Waals surface area contributed by atoms with E-state index in [2.05, 4.69) is 20.3 Å². The number of nitrogens with one attached hydrogen (secondary N) is 1. The summed E-state index contributed by atoms with van der Waals surface area (Å²) in [5.41, 5.74) is 1.15. The summed E-state index contributed by atoms with van der Waals surface area (Å²) in [6.45, 7) is 1.85. The van der Waals surface area contributed by atoms with Gasteiger partial charge in [-0.3, -0.25) is 4.99 Å². The highest BCUT2D eigenvalue weighted by atomic mass is 19.4. The highest BCUT2D eigenvalue weighted by Crippen LogP contribution is 2.39. The molecule has 182 valence electrons. The molecule has 0 fully saturated rings. The van der Waals surface area contributed by atoms with Crippen LogP contribution < -0.4 is 5.32 Å². The summed E-state index contributed by atoms with van der Waals surface area (Å²) in [6, 6.07) is 6.77. The quantitative estimate of drug-likeness (QED) is 0.319. The number of hydrogen-bond acceptors (Lipinski definition) is 4. The van der Waals surface area contributed by atoms with Gasteiger partial charge in [0.05, 0.1) is 11.6 Å². The number of aromatic nitrogens is 2. The SMILES string of the molecule is CCC1N=C(Nc2nc(-c3ccccc3C(F)(F)F)nc3c2CCCCC3)c2cc(F)cc(F)c21. The second kappa shape index (κ2) is 9.02. The van der Waals surface area contributed by atoms with Gasteiger partial charge in [-0.2, -0.15) is 13.2 Å². The molecular weight excluding hydrogens is 463 g/mol. The van der Waals surface area contributed by atoms with Crippen molar-refractivity contribution in [1.82, 2.24) is 9.97 Å². The number of alkyl halides is 3. The smallest absolute Gasteiger partial charge is 0.324 e. The maximum atomic E-state index is 14.6. The van der Waals surface area contributed by atoms with Crippen LogP contribution in [0.5, 0.6) is 0 Å². The molecule has 0 saturated heterocycles. The molecule has 0 spiro atoms. The van der Waals surface area contributed by atoms with E-state index in [1.54, 1.807) is 0 Å². The molecule has 2 aromatic carbocycles. The molecule has 1 aliphatic heterocycles. The Hall–Kier alpha value is -3.36. The van der Waals surface area contributed by atoms with Crippen molar-refractivity contribution >= 4 is 11.7 Å². The van der Waals surface area contributed by atoms with Gasteiger partial charge in [-0.1, -0.05) is 31.5 Å². The van der Waals surface area contributed by atoms with Gasteiger partial charge in [0, 0.05) is 34.0 Å². The number of fused-ring (bicyclic) bond motifs is 2. The van der Waals surface area contributed by atoms with E-state index in [9.17, 15) is 22.0 Å². The zero-order chi connectivity index (χ0) is 24.7. The van der Waals surface area contributed by atoms with E-state index in [1.807, 2.05) is 6.92 Å². The van der Waals surface area contributed by atoms with E-state index < -0.39 is 29.4 Å². The highest BCUT2D eigenvalue weighted by Gasteiger charge is 2.35. The molecule has 0 amide bonds. The van der Waals surface area contributed by atoms with E-state index in [4.69, 9.17) is 0 Å². The lowest BCUT2D eigenvalue weighted by Gasteiger charge is -2.17. The van der Waals surface area contributed by atoms with Crippen molar-refractivity contribution in [3.63, 3.8) is 0 Å². The zero-order valence-electron chi connectivity index (χ0n) is 19.0. The van der Waals surface area contributed by atoms with E-state index in [0.29, 0.717) is 41.9 Å². The van der Waals surface area contributed by atoms with Gasteiger partial charge < -0.3 is 5.32 Å². The Morgan fingerprint density at radius 1 is 0.971 bits per heavy atom. The van der Waals surface area contributed by atoms with Crippen molar-refractivity contribution in [2.24, 2.45) is 4.99 Å². The number of rotatable bonds is 3. The molecule has 2 heterocycles. The average molecular weight is 486 g/mol. The van der Waals surface area contributed by atoms with Crippen LogP contribution in [0, 0.1) is 11.6 Å². The van der Waals surface area contributed by atoms with Gasteiger partial charge in [0.1, 0.15) is 23.3 Å². The van der Waals surface area contributed by atoms with Crippen LogP contribution in [0.25, 0.3) is 11.4 Å². The molecule has 35 heavy (non-hydrogen) atoms. The minimum Gasteiger partial charge on any atom is -0.324 e. The number of anilines is 1. The van der Waals surface area contributed by atoms with Gasteiger partial charge in [-0.15, -0.1) is 0 Å². The van der Waals surface area contributed by atoms with E-state index >= 15 is 0 Å². The van der Waals surface area contributed by atoms with Crippen LogP contribution in [0.1, 0.15) is 66.6 Å². The first kappa shape index (κ1) is 23.4. The predicted molar refractivity (Wildman–Crippen MR) is 123 cm³/mol. The van der Waals surface area contributed by atoms with Crippen molar-refractivity contribution in [3.05, 3.63) is 76.0 Å². The molecule has 5 rings (SSSR count). The molecule has 1 unspecified atom stereocenters. The summed E-state index contributed by atoms with van der Waals surface area (Å²) in [6.07, 6.45) is -0.103. The van der Waals surface area contributed by atoms with Crippen LogP contribution >= 0.6 is 0 Å². The van der Waals surface area contributed by atoms with Crippen molar-refractivity contribution in [2.75, 3.05) is 5.32 Å². The summed E-state index contributed by atoms with van der Waals surface area (Å²) in [4.78, 5) is 13.6. The normalized spacial score (nSPS) is 17.4. The summed E-state index contributed by atoms with van der Waals surface area (Å²) in [5.74, 6) is -0.861. The van der Waals surface area contributed by atoms with Crippen LogP contribution in [0.3, 0.4) is 0 Å². The lowest BCUT2D eigenvalue weighted by atomic mass is 10.0. The highest BCUT2D eigenvalue weighted by molar-refractivity contribution is 6.11. The Balaban J connectivity index is 1.65. The van der Waals surface area contributed by atoms with E-state index in [-0.39, 0.29) is 17.2 Å². The van der Waals surface area contributed by atoms with E-state index in [1.165, 1.54) is 24.3 Å². The molecule has 1 N–H and O–H groups in total. The largest absolute Gasteiger partial charge is 0.417 e. The maximum Gasteiger partial charge on any atom is 0.417 e. The third kappa shape index (κ3) is 4.39. The van der Waals surface area contributed by atoms with Crippen LogP contribution in [0.2, 0.25) is 0 Å². The third-order valence-corrected chi connectivity index (χ3v) is 6.50. The maximum absolute atomic E-state index is 14.6. The van der Waals surface area contributed by atoms with E-state index in [0.717, 1.165) is 37.0 Å². The first-order valence-electron chi connectivity index (χ1n) is 11.7. The summed E-state index contributed by atoms with van der Waals surface area (Å²) >= 11 is 0. The van der Waals surface area contributed by atoms with Crippen molar-refractivity contribution in [3.8, 4) is 11.4 Å². The molecule has 1 aliphatic carbocycles.